The molecule has 1 aliphatic heterocycles. The highest BCUT2D eigenvalue weighted by atomic mass is 16.4. The molecule has 32 heavy (non-hydrogen) atoms. The summed E-state index contributed by atoms with van der Waals surface area (Å²) < 4.78 is 5.77. The molecule has 6 nitrogen and oxygen atoms in total. The predicted octanol–water partition coefficient (Wildman–Crippen LogP) is 4.06. The van der Waals surface area contributed by atoms with Crippen molar-refractivity contribution in [1.82, 2.24) is 15.2 Å². The number of benzene rings is 2. The molecule has 2 amide bonds. The molecule has 0 atom stereocenters. The average molecular weight is 432 g/mol. The van der Waals surface area contributed by atoms with Gasteiger partial charge in [0.2, 0.25) is 11.8 Å². The van der Waals surface area contributed by atoms with E-state index >= 15 is 0 Å². The van der Waals surface area contributed by atoms with Crippen LogP contribution in [0, 0.1) is 6.92 Å². The molecule has 0 bridgehead atoms. The highest BCUT2D eigenvalue weighted by Crippen LogP contribution is 2.21. The van der Waals surface area contributed by atoms with Crippen molar-refractivity contribution in [1.29, 1.82) is 0 Å². The van der Waals surface area contributed by atoms with Crippen molar-refractivity contribution in [3.05, 3.63) is 77.3 Å². The third kappa shape index (κ3) is 5.63. The van der Waals surface area contributed by atoms with E-state index in [2.05, 4.69) is 22.4 Å². The largest absolute Gasteiger partial charge is 0.441 e. The first-order valence-electron chi connectivity index (χ1n) is 11.2. The summed E-state index contributed by atoms with van der Waals surface area (Å²) in [6.45, 7) is 3.98. The monoisotopic (exact) mass is 431 g/mol. The van der Waals surface area contributed by atoms with Gasteiger partial charge >= 0.3 is 0 Å². The van der Waals surface area contributed by atoms with Gasteiger partial charge in [0.15, 0.2) is 11.7 Å². The van der Waals surface area contributed by atoms with Gasteiger partial charge in [-0.15, -0.1) is 0 Å². The molecule has 0 aliphatic carbocycles. The van der Waals surface area contributed by atoms with Gasteiger partial charge in [-0.3, -0.25) is 9.59 Å². The molecule has 2 aromatic carbocycles. The van der Waals surface area contributed by atoms with Crippen LogP contribution in [0.3, 0.4) is 0 Å². The summed E-state index contributed by atoms with van der Waals surface area (Å²) in [7, 11) is 0. The molecule has 0 unspecified atom stereocenters. The molecule has 0 saturated heterocycles. The molecule has 166 valence electrons. The molecule has 1 aliphatic rings. The van der Waals surface area contributed by atoms with Crippen LogP contribution in [0.25, 0.3) is 11.3 Å². The second-order valence-electron chi connectivity index (χ2n) is 8.27. The fourth-order valence-corrected chi connectivity index (χ4v) is 3.92. The van der Waals surface area contributed by atoms with Gasteiger partial charge in [-0.25, -0.2) is 4.98 Å². The minimum atomic E-state index is -0.0561. The standard InChI is InChI=1S/C26H29N3O3/c1-19-8-10-21(11-9-19)23-17-28-25(32-23)13-12-24(30)27-15-4-7-26(31)29-16-14-20-5-2-3-6-22(20)18-29/h2-3,5-6,8-11,17H,4,7,12-16,18H2,1H3,(H,27,30). The lowest BCUT2D eigenvalue weighted by Crippen LogP contribution is -2.36. The number of carbonyl (C=O) groups excluding carboxylic acids is 2. The topological polar surface area (TPSA) is 75.4 Å². The average Bonchev–Trinajstić information content (AvgIpc) is 3.29. The fourth-order valence-electron chi connectivity index (χ4n) is 3.92. The van der Waals surface area contributed by atoms with E-state index in [1.165, 1.54) is 16.7 Å². The van der Waals surface area contributed by atoms with Gasteiger partial charge in [-0.2, -0.15) is 0 Å². The van der Waals surface area contributed by atoms with E-state index in [0.29, 0.717) is 50.4 Å². The van der Waals surface area contributed by atoms with E-state index in [4.69, 9.17) is 4.42 Å². The number of hydrogen-bond acceptors (Lipinski definition) is 4. The van der Waals surface area contributed by atoms with Crippen molar-refractivity contribution < 1.29 is 14.0 Å². The lowest BCUT2D eigenvalue weighted by Gasteiger charge is -2.29. The predicted molar refractivity (Wildman–Crippen MR) is 123 cm³/mol. The second kappa shape index (κ2) is 10.3. The van der Waals surface area contributed by atoms with Gasteiger partial charge in [0.25, 0.3) is 0 Å². The first kappa shape index (κ1) is 21.8. The molecule has 2 heterocycles. The number of hydrogen-bond donors (Lipinski definition) is 1. The number of nitrogens with zero attached hydrogens (tertiary/aromatic N) is 2. The number of aromatic nitrogens is 1. The lowest BCUT2D eigenvalue weighted by molar-refractivity contribution is -0.132. The second-order valence-corrected chi connectivity index (χ2v) is 8.27. The SMILES string of the molecule is Cc1ccc(-c2cnc(CCC(=O)NCCCC(=O)N3CCc4ccccc4C3)o2)cc1. The first-order valence-corrected chi connectivity index (χ1v) is 11.2. The smallest absolute Gasteiger partial charge is 0.222 e. The number of fused-ring (bicyclic) bond motifs is 1. The van der Waals surface area contributed by atoms with Gasteiger partial charge in [-0.1, -0.05) is 54.1 Å². The van der Waals surface area contributed by atoms with Gasteiger partial charge in [-0.05, 0) is 30.9 Å². The number of aryl methyl sites for hydroxylation is 2. The zero-order valence-corrected chi connectivity index (χ0v) is 18.5. The van der Waals surface area contributed by atoms with Crippen molar-refractivity contribution in [2.75, 3.05) is 13.1 Å². The Labute approximate surface area is 188 Å². The van der Waals surface area contributed by atoms with Crippen LogP contribution in [0.2, 0.25) is 0 Å². The van der Waals surface area contributed by atoms with Crippen molar-refractivity contribution in [3.63, 3.8) is 0 Å². The van der Waals surface area contributed by atoms with Crippen molar-refractivity contribution in [3.8, 4) is 11.3 Å². The van der Waals surface area contributed by atoms with Crippen LogP contribution in [-0.4, -0.2) is 34.8 Å². The van der Waals surface area contributed by atoms with Crippen LogP contribution < -0.4 is 5.32 Å². The molecule has 0 radical (unpaired) electrons. The Bertz CT molecular complexity index is 1070. The third-order valence-corrected chi connectivity index (χ3v) is 5.83. The number of amides is 2. The van der Waals surface area contributed by atoms with E-state index in [1.807, 2.05) is 48.2 Å². The summed E-state index contributed by atoms with van der Waals surface area (Å²) in [6.07, 6.45) is 4.45. The maximum Gasteiger partial charge on any atom is 0.222 e. The Morgan fingerprint density at radius 1 is 1.06 bits per heavy atom. The molecule has 3 aromatic rings. The molecule has 1 N–H and O–H groups in total. The number of carbonyl (C=O) groups is 2. The summed E-state index contributed by atoms with van der Waals surface area (Å²) >= 11 is 0. The van der Waals surface area contributed by atoms with E-state index in [-0.39, 0.29) is 11.8 Å². The fraction of sp³-hybridized carbons (Fsp3) is 0.346. The minimum absolute atomic E-state index is 0.0561. The van der Waals surface area contributed by atoms with Crippen molar-refractivity contribution in [2.45, 2.75) is 45.6 Å². The van der Waals surface area contributed by atoms with E-state index < -0.39 is 0 Å². The van der Waals surface area contributed by atoms with Gasteiger partial charge in [0.05, 0.1) is 6.20 Å². The van der Waals surface area contributed by atoms with Crippen molar-refractivity contribution in [2.24, 2.45) is 0 Å². The van der Waals surface area contributed by atoms with Crippen LogP contribution in [0.5, 0.6) is 0 Å². The Balaban J connectivity index is 1.14. The number of oxazole rings is 1. The summed E-state index contributed by atoms with van der Waals surface area (Å²) in [5.74, 6) is 1.35. The molecule has 1 aromatic heterocycles. The number of rotatable bonds is 8. The summed E-state index contributed by atoms with van der Waals surface area (Å²) in [6, 6.07) is 16.3. The highest BCUT2D eigenvalue weighted by Gasteiger charge is 2.19. The van der Waals surface area contributed by atoms with Crippen LogP contribution in [0.15, 0.2) is 59.1 Å². The molecule has 0 spiro atoms. The first-order chi connectivity index (χ1) is 15.6. The zero-order valence-electron chi connectivity index (χ0n) is 18.5. The lowest BCUT2D eigenvalue weighted by atomic mass is 9.99. The Morgan fingerprint density at radius 3 is 2.66 bits per heavy atom. The quantitative estimate of drug-likeness (QED) is 0.546. The van der Waals surface area contributed by atoms with E-state index in [0.717, 1.165) is 18.5 Å². The maximum absolute atomic E-state index is 12.5. The Morgan fingerprint density at radius 2 is 1.84 bits per heavy atom. The molecule has 6 heteroatoms. The van der Waals surface area contributed by atoms with Crippen LogP contribution in [0.1, 0.15) is 41.8 Å². The zero-order chi connectivity index (χ0) is 22.3. The minimum Gasteiger partial charge on any atom is -0.441 e. The maximum atomic E-state index is 12.5. The summed E-state index contributed by atoms with van der Waals surface area (Å²) in [4.78, 5) is 30.8. The Kier molecular flexibility index (Phi) is 7.00. The highest BCUT2D eigenvalue weighted by molar-refractivity contribution is 5.77. The molecule has 0 fully saturated rings. The normalized spacial score (nSPS) is 13.0. The molecular formula is C26H29N3O3. The van der Waals surface area contributed by atoms with E-state index in [9.17, 15) is 9.59 Å². The van der Waals surface area contributed by atoms with Gasteiger partial charge in [0, 0.05) is 44.5 Å². The van der Waals surface area contributed by atoms with Crippen LogP contribution >= 0.6 is 0 Å². The van der Waals surface area contributed by atoms with Gasteiger partial charge in [0.1, 0.15) is 0 Å². The Hall–Kier alpha value is -3.41. The molecular weight excluding hydrogens is 402 g/mol. The van der Waals surface area contributed by atoms with Gasteiger partial charge < -0.3 is 14.6 Å². The summed E-state index contributed by atoms with van der Waals surface area (Å²) in [5.41, 5.74) is 4.73. The van der Waals surface area contributed by atoms with Crippen molar-refractivity contribution >= 4 is 11.8 Å². The number of nitrogens with one attached hydrogen (secondary N) is 1. The molecule has 0 saturated carbocycles. The van der Waals surface area contributed by atoms with E-state index in [1.54, 1.807) is 6.20 Å². The third-order valence-electron chi connectivity index (χ3n) is 5.83. The van der Waals surface area contributed by atoms with Crippen LogP contribution in [-0.2, 0) is 29.0 Å². The van der Waals surface area contributed by atoms with Crippen LogP contribution in [0.4, 0.5) is 0 Å². The summed E-state index contributed by atoms with van der Waals surface area (Å²) in [5, 5.41) is 2.89. The molecule has 4 rings (SSSR count).